The minimum absolute atomic E-state index is 0.106. The predicted molar refractivity (Wildman–Crippen MR) is 119 cm³/mol. The summed E-state index contributed by atoms with van der Waals surface area (Å²) in [5.74, 6) is -1.14. The van der Waals surface area contributed by atoms with Crippen LogP contribution in [0.25, 0.3) is 16.7 Å². The van der Waals surface area contributed by atoms with Crippen LogP contribution >= 0.6 is 0 Å². The van der Waals surface area contributed by atoms with Gasteiger partial charge in [-0.3, -0.25) is 4.98 Å². The van der Waals surface area contributed by atoms with E-state index in [0.29, 0.717) is 28.0 Å². The fourth-order valence-electron chi connectivity index (χ4n) is 3.09. The molecule has 0 aliphatic heterocycles. The number of nitroso groups, excluding NO2 is 1. The first-order valence-electron chi connectivity index (χ1n) is 9.94. The molecule has 4 nitrogen and oxygen atoms in total. The van der Waals surface area contributed by atoms with Gasteiger partial charge in [0.2, 0.25) is 0 Å². The largest absolute Gasteiger partial charge is 0.463 e. The average molecular weight is 422 g/mol. The highest BCUT2D eigenvalue weighted by atomic mass is 19.1. The van der Waals surface area contributed by atoms with Crippen LogP contribution in [0.3, 0.4) is 0 Å². The number of allylic oxidation sites excluding steroid dienone is 3. The van der Waals surface area contributed by atoms with E-state index in [2.05, 4.69) is 15.9 Å². The number of halogens is 2. The van der Waals surface area contributed by atoms with Crippen LogP contribution < -0.4 is 0 Å². The molecular weight excluding hydrogens is 398 g/mol. The molecule has 2 heterocycles. The Morgan fingerprint density at radius 2 is 1.97 bits per heavy atom. The van der Waals surface area contributed by atoms with Crippen molar-refractivity contribution < 1.29 is 13.2 Å². The molecular formula is C25H24F2N2O2. The van der Waals surface area contributed by atoms with Gasteiger partial charge in [-0.15, -0.1) is 10.6 Å². The van der Waals surface area contributed by atoms with Gasteiger partial charge in [0.15, 0.2) is 0 Å². The van der Waals surface area contributed by atoms with Crippen molar-refractivity contribution in [2.75, 3.05) is 0 Å². The second-order valence-electron chi connectivity index (χ2n) is 6.16. The first kappa shape index (κ1) is 23.6. The van der Waals surface area contributed by atoms with Gasteiger partial charge in [-0.2, -0.15) is 0 Å². The van der Waals surface area contributed by atoms with Crippen molar-refractivity contribution in [3.8, 4) is 11.1 Å². The number of rotatable bonds is 6. The Morgan fingerprint density at radius 3 is 2.55 bits per heavy atom. The molecule has 0 aliphatic carbocycles. The van der Waals surface area contributed by atoms with Gasteiger partial charge in [0.05, 0.1) is 11.8 Å². The lowest BCUT2D eigenvalue weighted by Crippen LogP contribution is -2.02. The molecule has 0 N–H and O–H groups in total. The highest BCUT2D eigenvalue weighted by molar-refractivity contribution is 5.80. The molecule has 1 unspecified atom stereocenters. The highest BCUT2D eigenvalue weighted by Gasteiger charge is 2.28. The minimum Gasteiger partial charge on any atom is -0.463 e. The number of hydrogen-bond acceptors (Lipinski definition) is 4. The van der Waals surface area contributed by atoms with Crippen molar-refractivity contribution in [3.05, 3.63) is 106 Å². The van der Waals surface area contributed by atoms with Crippen molar-refractivity contribution in [2.24, 2.45) is 5.18 Å². The van der Waals surface area contributed by atoms with E-state index in [4.69, 9.17) is 4.42 Å². The lowest BCUT2D eigenvalue weighted by molar-refractivity contribution is 0.548. The number of nitrogens with zero attached hydrogens (tertiary/aromatic N) is 2. The number of pyridine rings is 1. The third kappa shape index (κ3) is 5.30. The fourth-order valence-corrected chi connectivity index (χ4v) is 3.09. The van der Waals surface area contributed by atoms with Crippen molar-refractivity contribution in [1.82, 2.24) is 4.98 Å². The molecule has 1 aromatic carbocycles. The maximum atomic E-state index is 14.5. The van der Waals surface area contributed by atoms with Gasteiger partial charge in [-0.1, -0.05) is 31.2 Å². The number of aromatic nitrogens is 1. The number of hydrogen-bond donors (Lipinski definition) is 0. The maximum absolute atomic E-state index is 14.5. The minimum atomic E-state index is -1.00. The van der Waals surface area contributed by atoms with Crippen molar-refractivity contribution in [1.29, 1.82) is 0 Å². The molecule has 0 radical (unpaired) electrons. The molecule has 3 rings (SSSR count). The van der Waals surface area contributed by atoms with Gasteiger partial charge in [0.25, 0.3) is 0 Å². The van der Waals surface area contributed by atoms with Crippen LogP contribution in [0.2, 0.25) is 0 Å². The zero-order chi connectivity index (χ0) is 22.8. The van der Waals surface area contributed by atoms with Crippen LogP contribution in [0.1, 0.15) is 50.6 Å². The highest BCUT2D eigenvalue weighted by Crippen LogP contribution is 2.41. The predicted octanol–water partition coefficient (Wildman–Crippen LogP) is 7.64. The summed E-state index contributed by atoms with van der Waals surface area (Å²) in [7, 11) is 0. The van der Waals surface area contributed by atoms with E-state index in [-0.39, 0.29) is 5.56 Å². The van der Waals surface area contributed by atoms with Gasteiger partial charge < -0.3 is 4.42 Å². The van der Waals surface area contributed by atoms with Gasteiger partial charge in [-0.05, 0) is 44.2 Å². The summed E-state index contributed by atoms with van der Waals surface area (Å²) in [6.07, 6.45) is 9.70. The Bertz CT molecular complexity index is 1110. The summed E-state index contributed by atoms with van der Waals surface area (Å²) in [5, 5.41) is 3.28. The lowest BCUT2D eigenvalue weighted by Gasteiger charge is -2.13. The smallest absolute Gasteiger partial charge is 0.148 e. The molecule has 0 fully saturated rings. The van der Waals surface area contributed by atoms with Gasteiger partial charge in [0, 0.05) is 40.7 Å². The summed E-state index contributed by atoms with van der Waals surface area (Å²) < 4.78 is 33.7. The standard InChI is InChI=1S/C23H18F2N2O2.C2H6/c1-3-6-15(7-4-2)23-21(22(27-28)16-8-5-11-26-13-16)19(14-29-23)18-10-9-17(24)12-20(18)25;1-2/h3-6,8-14,22H,1-2H3;1-2H3/b6-3-;. The molecule has 0 amide bonds. The van der Waals surface area contributed by atoms with E-state index >= 15 is 0 Å². The Balaban J connectivity index is 0.00000166. The summed E-state index contributed by atoms with van der Waals surface area (Å²) in [5.41, 5.74) is 4.92. The normalized spacial score (nSPS) is 11.3. The zero-order valence-electron chi connectivity index (χ0n) is 17.9. The molecule has 3 aromatic rings. The van der Waals surface area contributed by atoms with Crippen LogP contribution in [0.5, 0.6) is 0 Å². The Labute approximate surface area is 180 Å². The van der Waals surface area contributed by atoms with Gasteiger partial charge in [-0.25, -0.2) is 8.78 Å². The van der Waals surface area contributed by atoms with E-state index in [0.717, 1.165) is 12.1 Å². The van der Waals surface area contributed by atoms with E-state index in [1.165, 1.54) is 18.5 Å². The molecule has 2 aromatic heterocycles. The Morgan fingerprint density at radius 1 is 1.19 bits per heavy atom. The van der Waals surface area contributed by atoms with Gasteiger partial charge >= 0.3 is 0 Å². The lowest BCUT2D eigenvalue weighted by atomic mass is 9.91. The summed E-state index contributed by atoms with van der Waals surface area (Å²) in [6.45, 7) is 7.63. The van der Waals surface area contributed by atoms with E-state index in [1.54, 1.807) is 43.5 Å². The summed E-state index contributed by atoms with van der Waals surface area (Å²) >= 11 is 0. The van der Waals surface area contributed by atoms with Crippen molar-refractivity contribution >= 4 is 5.57 Å². The third-order valence-corrected chi connectivity index (χ3v) is 4.31. The quantitative estimate of drug-likeness (QED) is 0.233. The van der Waals surface area contributed by atoms with Gasteiger partial charge in [0.1, 0.15) is 23.4 Å². The topological polar surface area (TPSA) is 55.5 Å². The van der Waals surface area contributed by atoms with Crippen LogP contribution in [-0.2, 0) is 0 Å². The fraction of sp³-hybridized carbons (Fsp3) is 0.200. The molecule has 0 saturated carbocycles. The first-order valence-corrected chi connectivity index (χ1v) is 9.94. The molecule has 0 aliphatic rings. The Hall–Kier alpha value is -3.63. The van der Waals surface area contributed by atoms with Crippen LogP contribution in [0.4, 0.5) is 8.78 Å². The molecule has 6 heteroatoms. The first-order chi connectivity index (χ1) is 15.1. The van der Waals surface area contributed by atoms with Crippen LogP contribution in [0.15, 0.2) is 82.5 Å². The van der Waals surface area contributed by atoms with Crippen molar-refractivity contribution in [2.45, 2.75) is 33.7 Å². The summed E-state index contributed by atoms with van der Waals surface area (Å²) in [6, 6.07) is 5.62. The molecule has 1 atom stereocenters. The second kappa shape index (κ2) is 11.5. The van der Waals surface area contributed by atoms with Crippen molar-refractivity contribution in [3.63, 3.8) is 0 Å². The second-order valence-corrected chi connectivity index (χ2v) is 6.16. The molecule has 160 valence electrons. The molecule has 0 spiro atoms. The number of benzene rings is 1. The number of furan rings is 1. The maximum Gasteiger partial charge on any atom is 0.148 e. The monoisotopic (exact) mass is 422 g/mol. The van der Waals surface area contributed by atoms with E-state index in [1.807, 2.05) is 20.8 Å². The van der Waals surface area contributed by atoms with Crippen LogP contribution in [0, 0.1) is 16.5 Å². The third-order valence-electron chi connectivity index (χ3n) is 4.31. The molecule has 0 saturated heterocycles. The molecule has 0 bridgehead atoms. The SMILES string of the molecule is CC.CC=C=C(/C=C\C)c1occ(-c2ccc(F)cc2F)c1C(N=O)c1cccnc1. The van der Waals surface area contributed by atoms with E-state index < -0.39 is 17.7 Å². The summed E-state index contributed by atoms with van der Waals surface area (Å²) in [4.78, 5) is 15.9. The molecule has 31 heavy (non-hydrogen) atoms. The van der Waals surface area contributed by atoms with Crippen LogP contribution in [-0.4, -0.2) is 4.98 Å². The van der Waals surface area contributed by atoms with E-state index in [9.17, 15) is 13.7 Å². The Kier molecular flexibility index (Phi) is 8.79. The average Bonchev–Trinajstić information content (AvgIpc) is 3.21. The zero-order valence-corrected chi connectivity index (χ0v) is 17.9.